The van der Waals surface area contributed by atoms with E-state index in [9.17, 15) is 33.4 Å². The fraction of sp³-hybridized carbons (Fsp3) is 0.318. The van der Waals surface area contributed by atoms with E-state index in [0.717, 1.165) is 4.90 Å². The molecule has 7 nitrogen and oxygen atoms in total. The maximum atomic E-state index is 14.6. The van der Waals surface area contributed by atoms with E-state index in [4.69, 9.17) is 0 Å². The van der Waals surface area contributed by atoms with Crippen molar-refractivity contribution in [1.29, 1.82) is 0 Å². The van der Waals surface area contributed by atoms with Crippen molar-refractivity contribution in [2.45, 2.75) is 30.9 Å². The lowest BCUT2D eigenvalue weighted by Gasteiger charge is -2.22. The van der Waals surface area contributed by atoms with Gasteiger partial charge in [0.2, 0.25) is 5.91 Å². The maximum Gasteiger partial charge on any atom is 0.326 e. The molecular weight excluding hydrogens is 410 g/mol. The molecule has 3 N–H and O–H groups in total. The Labute approximate surface area is 176 Å². The van der Waals surface area contributed by atoms with Crippen LogP contribution in [0, 0.1) is 0 Å². The van der Waals surface area contributed by atoms with Gasteiger partial charge < -0.3 is 20.4 Å². The number of likely N-dealkylation sites (tertiary alicyclic amines) is 1. The van der Waals surface area contributed by atoms with Crippen LogP contribution < -0.4 is 5.32 Å². The molecule has 0 radical (unpaired) electrons. The van der Waals surface area contributed by atoms with Gasteiger partial charge in [0, 0.05) is 23.1 Å². The van der Waals surface area contributed by atoms with Gasteiger partial charge >= 0.3 is 5.97 Å². The molecular formula is C22H20F2N2O5. The number of carbonyl (C=O) groups excluding carboxylic acids is 2. The Balaban J connectivity index is 1.50. The van der Waals surface area contributed by atoms with Crippen LogP contribution in [0.1, 0.15) is 34.8 Å². The van der Waals surface area contributed by atoms with Crippen LogP contribution in [0.4, 0.5) is 8.78 Å². The van der Waals surface area contributed by atoms with Crippen LogP contribution in [0.5, 0.6) is 0 Å². The molecule has 0 aromatic heterocycles. The van der Waals surface area contributed by atoms with Gasteiger partial charge in [-0.3, -0.25) is 9.59 Å². The Kier molecular flexibility index (Phi) is 4.81. The third-order valence-electron chi connectivity index (χ3n) is 5.70. The van der Waals surface area contributed by atoms with E-state index in [2.05, 4.69) is 5.32 Å². The van der Waals surface area contributed by atoms with Crippen molar-refractivity contribution in [3.63, 3.8) is 0 Å². The number of carboxylic acids is 1. The molecule has 1 heterocycles. The highest BCUT2D eigenvalue weighted by molar-refractivity contribution is 5.99. The summed E-state index contributed by atoms with van der Waals surface area (Å²) in [5, 5.41) is 21.8. The third kappa shape index (κ3) is 3.54. The summed E-state index contributed by atoms with van der Waals surface area (Å²) in [6.45, 7) is 0.791. The molecule has 2 amide bonds. The number of fused-ring (bicyclic) bond motifs is 3. The van der Waals surface area contributed by atoms with Crippen molar-refractivity contribution < 1.29 is 33.4 Å². The lowest BCUT2D eigenvalue weighted by atomic mass is 10.0. The molecule has 0 unspecified atom stereocenters. The van der Waals surface area contributed by atoms with Crippen LogP contribution in [0.3, 0.4) is 0 Å². The predicted molar refractivity (Wildman–Crippen MR) is 106 cm³/mol. The smallest absolute Gasteiger partial charge is 0.326 e. The molecule has 4 rings (SSSR count). The van der Waals surface area contributed by atoms with E-state index in [1.807, 2.05) is 0 Å². The van der Waals surface area contributed by atoms with Gasteiger partial charge in [-0.15, -0.1) is 0 Å². The average molecular weight is 430 g/mol. The Morgan fingerprint density at radius 1 is 1.13 bits per heavy atom. The molecule has 31 heavy (non-hydrogen) atoms. The first kappa shape index (κ1) is 20.9. The van der Waals surface area contributed by atoms with Crippen molar-refractivity contribution in [2.75, 3.05) is 13.1 Å². The molecule has 9 heteroatoms. The number of nitrogens with one attached hydrogen (secondary N) is 1. The fourth-order valence-electron chi connectivity index (χ4n) is 4.23. The van der Waals surface area contributed by atoms with Crippen LogP contribution in [0.2, 0.25) is 0 Å². The fourth-order valence-corrected chi connectivity index (χ4v) is 4.23. The largest absolute Gasteiger partial charge is 0.480 e. The van der Waals surface area contributed by atoms with Crippen molar-refractivity contribution in [2.24, 2.45) is 0 Å². The zero-order chi connectivity index (χ0) is 22.6. The lowest BCUT2D eigenvalue weighted by molar-refractivity contribution is -0.147. The van der Waals surface area contributed by atoms with Gasteiger partial charge in [-0.2, -0.15) is 8.78 Å². The highest BCUT2D eigenvalue weighted by Crippen LogP contribution is 2.50. The normalized spacial score (nSPS) is 23.2. The third-order valence-corrected chi connectivity index (χ3v) is 5.70. The zero-order valence-electron chi connectivity index (χ0n) is 16.6. The molecule has 1 fully saturated rings. The molecule has 0 spiro atoms. The van der Waals surface area contributed by atoms with Crippen molar-refractivity contribution in [3.8, 4) is 11.1 Å². The van der Waals surface area contributed by atoms with E-state index in [0.29, 0.717) is 5.56 Å². The summed E-state index contributed by atoms with van der Waals surface area (Å²) in [5.74, 6) is -5.70. The number of benzene rings is 2. The number of rotatable bonds is 4. The molecule has 162 valence electrons. The molecule has 0 bridgehead atoms. The Morgan fingerprint density at radius 3 is 2.52 bits per heavy atom. The van der Waals surface area contributed by atoms with E-state index in [1.165, 1.54) is 37.3 Å². The average Bonchev–Trinajstić information content (AvgIpc) is 3.17. The van der Waals surface area contributed by atoms with Gasteiger partial charge in [0.15, 0.2) is 0 Å². The Hall–Kier alpha value is -3.33. The number of carbonyl (C=O) groups is 3. The SMILES string of the molecule is C[C@]1(O)C[C@@H](C(=O)O)N(C(=O)CNC(=O)c2ccc3c(c2)-c2ccccc2C3(F)F)C1. The number of hydrogen-bond donors (Lipinski definition) is 3. The van der Waals surface area contributed by atoms with Crippen molar-refractivity contribution in [1.82, 2.24) is 10.2 Å². The molecule has 1 aliphatic carbocycles. The Bertz CT molecular complexity index is 1100. The number of carboxylic acid groups (broad SMARTS) is 1. The number of halogens is 2. The molecule has 0 saturated carbocycles. The first-order valence-electron chi connectivity index (χ1n) is 9.66. The molecule has 1 aliphatic heterocycles. The number of alkyl halides is 2. The van der Waals surface area contributed by atoms with E-state index in [1.54, 1.807) is 12.1 Å². The molecule has 2 aliphatic rings. The molecule has 2 aromatic carbocycles. The minimum absolute atomic E-state index is 0.0993. The number of nitrogens with zero attached hydrogens (tertiary/aromatic N) is 1. The first-order valence-corrected chi connectivity index (χ1v) is 9.66. The van der Waals surface area contributed by atoms with Gasteiger partial charge in [0.05, 0.1) is 18.7 Å². The van der Waals surface area contributed by atoms with Crippen LogP contribution in [0.15, 0.2) is 42.5 Å². The molecule has 1 saturated heterocycles. The van der Waals surface area contributed by atoms with Crippen LogP contribution >= 0.6 is 0 Å². The Morgan fingerprint density at radius 2 is 1.81 bits per heavy atom. The van der Waals surface area contributed by atoms with Gasteiger partial charge in [-0.1, -0.05) is 30.3 Å². The second-order valence-electron chi connectivity index (χ2n) is 8.14. The molecule has 2 aromatic rings. The van der Waals surface area contributed by atoms with Crippen molar-refractivity contribution >= 4 is 17.8 Å². The summed E-state index contributed by atoms with van der Waals surface area (Å²) in [6, 6.07) is 8.71. The van der Waals surface area contributed by atoms with E-state index >= 15 is 0 Å². The van der Waals surface area contributed by atoms with Crippen LogP contribution in [-0.4, -0.2) is 57.6 Å². The second-order valence-corrected chi connectivity index (χ2v) is 8.14. The summed E-state index contributed by atoms with van der Waals surface area (Å²) in [5.41, 5.74) is -0.954. The highest BCUT2D eigenvalue weighted by Gasteiger charge is 2.46. The van der Waals surface area contributed by atoms with Gasteiger partial charge in [-0.25, -0.2) is 4.79 Å². The van der Waals surface area contributed by atoms with E-state index < -0.39 is 41.9 Å². The maximum absolute atomic E-state index is 14.6. The number of aliphatic carboxylic acids is 1. The monoisotopic (exact) mass is 430 g/mol. The lowest BCUT2D eigenvalue weighted by Crippen LogP contribution is -2.46. The van der Waals surface area contributed by atoms with Crippen molar-refractivity contribution in [3.05, 3.63) is 59.2 Å². The summed E-state index contributed by atoms with van der Waals surface area (Å²) in [6.07, 6.45) is -0.111. The number of β-amino-alcohol motifs (C(OH)–C–C–N with tert-alkyl or cyclic N) is 1. The number of amides is 2. The summed E-state index contributed by atoms with van der Waals surface area (Å²) in [7, 11) is 0. The van der Waals surface area contributed by atoms with Gasteiger partial charge in [0.25, 0.3) is 11.8 Å². The minimum Gasteiger partial charge on any atom is -0.480 e. The predicted octanol–water partition coefficient (Wildman–Crippen LogP) is 1.97. The summed E-state index contributed by atoms with van der Waals surface area (Å²) < 4.78 is 29.3. The number of aliphatic hydroxyl groups is 1. The summed E-state index contributed by atoms with van der Waals surface area (Å²) in [4.78, 5) is 37.4. The zero-order valence-corrected chi connectivity index (χ0v) is 16.6. The standard InChI is InChI=1S/C22H20F2N2O5/c1-21(31)9-17(20(29)30)26(11-21)18(27)10-25-19(28)12-6-7-16-14(8-12)13-4-2-3-5-15(13)22(16,23)24/h2-8,17,31H,9-11H2,1H3,(H,25,28)(H,29,30)/t17-,21-/m0/s1. The van der Waals surface area contributed by atoms with E-state index in [-0.39, 0.29) is 35.2 Å². The first-order chi connectivity index (χ1) is 14.5. The second kappa shape index (κ2) is 7.12. The summed E-state index contributed by atoms with van der Waals surface area (Å²) >= 11 is 0. The van der Waals surface area contributed by atoms with Gasteiger partial charge in [-0.05, 0) is 30.2 Å². The van der Waals surface area contributed by atoms with Gasteiger partial charge in [0.1, 0.15) is 6.04 Å². The van der Waals surface area contributed by atoms with Crippen LogP contribution in [-0.2, 0) is 15.5 Å². The molecule has 2 atom stereocenters. The quantitative estimate of drug-likeness (QED) is 0.688. The topological polar surface area (TPSA) is 107 Å². The van der Waals surface area contributed by atoms with Crippen LogP contribution in [0.25, 0.3) is 11.1 Å². The highest BCUT2D eigenvalue weighted by atomic mass is 19.3. The number of hydrogen-bond acceptors (Lipinski definition) is 4. The minimum atomic E-state index is -3.16.